The van der Waals surface area contributed by atoms with Crippen LogP contribution in [0.4, 0.5) is 0 Å². The van der Waals surface area contributed by atoms with Gasteiger partial charge >= 0.3 is 5.97 Å². The molecular weight excluding hydrogens is 286 g/mol. The van der Waals surface area contributed by atoms with Crippen LogP contribution in [0.25, 0.3) is 6.08 Å². The van der Waals surface area contributed by atoms with E-state index < -0.39 is 5.97 Å². The number of carboxylic acids is 1. The Balaban J connectivity index is 2.08. The molecule has 0 unspecified atom stereocenters. The first-order valence-corrected chi connectivity index (χ1v) is 8.25. The lowest BCUT2D eigenvalue weighted by Gasteiger charge is -2.33. The van der Waals surface area contributed by atoms with Gasteiger partial charge in [0.05, 0.1) is 4.88 Å². The van der Waals surface area contributed by atoms with Crippen molar-refractivity contribution in [2.75, 3.05) is 6.54 Å². The summed E-state index contributed by atoms with van der Waals surface area (Å²) in [5.74, 6) is -0.905. The number of nitrogens with zero attached hydrogens (tertiary/aromatic N) is 1. The van der Waals surface area contributed by atoms with E-state index in [1.54, 1.807) is 12.1 Å². The maximum atomic E-state index is 12.6. The second-order valence-electron chi connectivity index (χ2n) is 5.26. The summed E-state index contributed by atoms with van der Waals surface area (Å²) in [5.41, 5.74) is 0. The highest BCUT2D eigenvalue weighted by Gasteiger charge is 2.25. The van der Waals surface area contributed by atoms with Crippen LogP contribution in [-0.4, -0.2) is 34.5 Å². The molecule has 0 atom stereocenters. The van der Waals surface area contributed by atoms with Crippen LogP contribution in [0.2, 0.25) is 0 Å². The van der Waals surface area contributed by atoms with Crippen LogP contribution < -0.4 is 0 Å². The first-order valence-electron chi connectivity index (χ1n) is 7.43. The molecule has 1 amide bonds. The molecule has 0 saturated heterocycles. The van der Waals surface area contributed by atoms with Gasteiger partial charge in [-0.15, -0.1) is 11.3 Å². The second-order valence-corrected chi connectivity index (χ2v) is 6.37. The number of aliphatic carboxylic acids is 1. The predicted molar refractivity (Wildman–Crippen MR) is 84.6 cm³/mol. The average molecular weight is 307 g/mol. The van der Waals surface area contributed by atoms with Gasteiger partial charge in [0.2, 0.25) is 0 Å². The van der Waals surface area contributed by atoms with Gasteiger partial charge in [0, 0.05) is 23.5 Å². The van der Waals surface area contributed by atoms with Crippen LogP contribution in [0.3, 0.4) is 0 Å². The highest BCUT2D eigenvalue weighted by molar-refractivity contribution is 7.14. The molecule has 0 spiro atoms. The number of thiophene rings is 1. The first-order chi connectivity index (χ1) is 10.1. The Morgan fingerprint density at radius 1 is 1.33 bits per heavy atom. The highest BCUT2D eigenvalue weighted by atomic mass is 32.1. The lowest BCUT2D eigenvalue weighted by Crippen LogP contribution is -2.40. The van der Waals surface area contributed by atoms with Crippen LogP contribution in [0.5, 0.6) is 0 Å². The quantitative estimate of drug-likeness (QED) is 0.845. The number of carbonyl (C=O) groups excluding carboxylic acids is 1. The van der Waals surface area contributed by atoms with Gasteiger partial charge in [0.25, 0.3) is 5.91 Å². The fourth-order valence-electron chi connectivity index (χ4n) is 2.81. The summed E-state index contributed by atoms with van der Waals surface area (Å²) in [6.45, 7) is 2.74. The number of hydrogen-bond acceptors (Lipinski definition) is 3. The SMILES string of the molecule is CCN(C(=O)c1ccc(C=CC(=O)O)s1)C1CCCCC1. The van der Waals surface area contributed by atoms with Crippen LogP contribution in [0.1, 0.15) is 53.6 Å². The molecule has 4 nitrogen and oxygen atoms in total. The Kier molecular flexibility index (Phi) is 5.56. The molecule has 1 aliphatic rings. The van der Waals surface area contributed by atoms with E-state index >= 15 is 0 Å². The first kappa shape index (κ1) is 15.8. The van der Waals surface area contributed by atoms with E-state index in [0.29, 0.717) is 10.9 Å². The molecule has 1 aromatic heterocycles. The molecule has 1 aliphatic carbocycles. The molecule has 21 heavy (non-hydrogen) atoms. The summed E-state index contributed by atoms with van der Waals surface area (Å²) in [6.07, 6.45) is 8.48. The molecule has 1 saturated carbocycles. The van der Waals surface area contributed by atoms with E-state index in [1.165, 1.54) is 36.7 Å². The average Bonchev–Trinajstić information content (AvgIpc) is 2.96. The number of amides is 1. The zero-order valence-electron chi connectivity index (χ0n) is 12.2. The molecule has 5 heteroatoms. The summed E-state index contributed by atoms with van der Waals surface area (Å²) in [4.78, 5) is 26.6. The third-order valence-corrected chi connectivity index (χ3v) is 4.88. The molecule has 1 N–H and O–H groups in total. The van der Waals surface area contributed by atoms with Gasteiger partial charge < -0.3 is 10.0 Å². The lowest BCUT2D eigenvalue weighted by atomic mass is 9.94. The lowest BCUT2D eigenvalue weighted by molar-refractivity contribution is -0.131. The third-order valence-electron chi connectivity index (χ3n) is 3.84. The summed E-state index contributed by atoms with van der Waals surface area (Å²) < 4.78 is 0. The van der Waals surface area contributed by atoms with E-state index in [0.717, 1.165) is 30.3 Å². The normalized spacial score (nSPS) is 16.2. The predicted octanol–water partition coefficient (Wildman–Crippen LogP) is 3.64. The van der Waals surface area contributed by atoms with E-state index in [4.69, 9.17) is 5.11 Å². The van der Waals surface area contributed by atoms with Crippen molar-refractivity contribution in [1.82, 2.24) is 4.90 Å². The van der Waals surface area contributed by atoms with E-state index in [9.17, 15) is 9.59 Å². The monoisotopic (exact) mass is 307 g/mol. The highest BCUT2D eigenvalue weighted by Crippen LogP contribution is 2.26. The van der Waals surface area contributed by atoms with Gasteiger partial charge in [-0.25, -0.2) is 4.79 Å². The summed E-state index contributed by atoms with van der Waals surface area (Å²) in [5, 5.41) is 8.63. The zero-order chi connectivity index (χ0) is 15.2. The van der Waals surface area contributed by atoms with Gasteiger partial charge in [0.1, 0.15) is 0 Å². The maximum absolute atomic E-state index is 12.6. The largest absolute Gasteiger partial charge is 0.478 e. The Labute approximate surface area is 129 Å². The van der Waals surface area contributed by atoms with E-state index in [2.05, 4.69) is 0 Å². The third kappa shape index (κ3) is 4.17. The van der Waals surface area contributed by atoms with Crippen LogP contribution in [-0.2, 0) is 4.79 Å². The smallest absolute Gasteiger partial charge is 0.328 e. The number of hydrogen-bond donors (Lipinski definition) is 1. The fraction of sp³-hybridized carbons (Fsp3) is 0.500. The van der Waals surface area contributed by atoms with Gasteiger partial charge in [0.15, 0.2) is 0 Å². The van der Waals surface area contributed by atoms with E-state index in [1.807, 2.05) is 11.8 Å². The van der Waals surface area contributed by atoms with Crippen molar-refractivity contribution >= 4 is 29.3 Å². The van der Waals surface area contributed by atoms with Gasteiger partial charge in [-0.1, -0.05) is 19.3 Å². The molecule has 0 radical (unpaired) electrons. The molecule has 0 aromatic carbocycles. The Hall–Kier alpha value is -1.62. The fourth-order valence-corrected chi connectivity index (χ4v) is 3.68. The minimum atomic E-state index is -0.978. The molecule has 114 valence electrons. The number of rotatable bonds is 5. The van der Waals surface area contributed by atoms with Crippen molar-refractivity contribution in [2.24, 2.45) is 0 Å². The van der Waals surface area contributed by atoms with Crippen molar-refractivity contribution in [1.29, 1.82) is 0 Å². The number of carboxylic acid groups (broad SMARTS) is 1. The Bertz CT molecular complexity index is 529. The molecule has 1 fully saturated rings. The summed E-state index contributed by atoms with van der Waals surface area (Å²) >= 11 is 1.35. The molecule has 0 bridgehead atoms. The van der Waals surface area contributed by atoms with Gasteiger partial charge in [-0.2, -0.15) is 0 Å². The molecule has 1 aromatic rings. The topological polar surface area (TPSA) is 57.6 Å². The number of carbonyl (C=O) groups is 2. The Morgan fingerprint density at radius 3 is 2.67 bits per heavy atom. The van der Waals surface area contributed by atoms with Crippen molar-refractivity contribution in [3.05, 3.63) is 28.0 Å². The van der Waals surface area contributed by atoms with Crippen molar-refractivity contribution in [3.63, 3.8) is 0 Å². The Morgan fingerprint density at radius 2 is 2.05 bits per heavy atom. The summed E-state index contributed by atoms with van der Waals surface area (Å²) in [7, 11) is 0. The second kappa shape index (κ2) is 7.41. The minimum Gasteiger partial charge on any atom is -0.478 e. The van der Waals surface area contributed by atoms with Gasteiger partial charge in [-0.3, -0.25) is 4.79 Å². The van der Waals surface area contributed by atoms with Crippen LogP contribution in [0, 0.1) is 0 Å². The maximum Gasteiger partial charge on any atom is 0.328 e. The molecule has 2 rings (SSSR count). The van der Waals surface area contributed by atoms with Crippen LogP contribution in [0.15, 0.2) is 18.2 Å². The molecule has 1 heterocycles. The summed E-state index contributed by atoms with van der Waals surface area (Å²) in [6, 6.07) is 3.95. The van der Waals surface area contributed by atoms with Crippen molar-refractivity contribution in [3.8, 4) is 0 Å². The van der Waals surface area contributed by atoms with Crippen molar-refractivity contribution in [2.45, 2.75) is 45.1 Å². The molecular formula is C16H21NO3S. The van der Waals surface area contributed by atoms with E-state index in [-0.39, 0.29) is 5.91 Å². The minimum absolute atomic E-state index is 0.0735. The van der Waals surface area contributed by atoms with Crippen molar-refractivity contribution < 1.29 is 14.7 Å². The van der Waals surface area contributed by atoms with Gasteiger partial charge in [-0.05, 0) is 38.0 Å². The standard InChI is InChI=1S/C16H21NO3S/c1-2-17(12-6-4-3-5-7-12)16(20)14-10-8-13(21-14)9-11-15(18)19/h8-12H,2-7H2,1H3,(H,18,19). The zero-order valence-corrected chi connectivity index (χ0v) is 13.1. The molecule has 0 aliphatic heterocycles. The van der Waals surface area contributed by atoms with Crippen LogP contribution >= 0.6 is 11.3 Å².